The molecular weight excluding hydrogens is 262 g/mol. The van der Waals surface area contributed by atoms with Crippen molar-refractivity contribution < 1.29 is 14.3 Å². The lowest BCUT2D eigenvalue weighted by Gasteiger charge is -2.04. The molecule has 8 heteroatoms. The SMILES string of the molecule is CCOC(=O)c1nn(-c2ncccc2C(N)=O)cc1N. The molecule has 104 valence electrons. The summed E-state index contributed by atoms with van der Waals surface area (Å²) in [4.78, 5) is 27.0. The summed E-state index contributed by atoms with van der Waals surface area (Å²) in [7, 11) is 0. The standard InChI is InChI=1S/C12H13N5O3/c1-2-20-12(19)9-8(13)6-17(16-9)11-7(10(14)18)4-3-5-15-11/h3-6H,2,13H2,1H3,(H2,14,18). The molecule has 1 amide bonds. The number of nitrogen functional groups attached to an aromatic ring is 1. The van der Waals surface area contributed by atoms with Crippen LogP contribution >= 0.6 is 0 Å². The van der Waals surface area contributed by atoms with Crippen LogP contribution in [0.3, 0.4) is 0 Å². The number of amides is 1. The molecule has 0 aliphatic carbocycles. The highest BCUT2D eigenvalue weighted by Crippen LogP contribution is 2.16. The number of anilines is 1. The van der Waals surface area contributed by atoms with Gasteiger partial charge in [0, 0.05) is 6.20 Å². The van der Waals surface area contributed by atoms with Crippen LogP contribution in [0.5, 0.6) is 0 Å². The van der Waals surface area contributed by atoms with Crippen molar-refractivity contribution >= 4 is 17.6 Å². The number of primary amides is 1. The van der Waals surface area contributed by atoms with Gasteiger partial charge in [0.25, 0.3) is 5.91 Å². The number of nitrogens with zero attached hydrogens (tertiary/aromatic N) is 3. The van der Waals surface area contributed by atoms with E-state index in [4.69, 9.17) is 16.2 Å². The number of carbonyl (C=O) groups is 2. The molecule has 0 saturated heterocycles. The molecule has 2 heterocycles. The Balaban J connectivity index is 2.48. The third-order valence-electron chi connectivity index (χ3n) is 2.48. The maximum atomic E-state index is 11.6. The van der Waals surface area contributed by atoms with Crippen LogP contribution in [0.15, 0.2) is 24.5 Å². The van der Waals surface area contributed by atoms with Gasteiger partial charge in [-0.05, 0) is 19.1 Å². The average Bonchev–Trinajstić information content (AvgIpc) is 2.81. The molecule has 0 spiro atoms. The van der Waals surface area contributed by atoms with Crippen LogP contribution < -0.4 is 11.5 Å². The Kier molecular flexibility index (Phi) is 3.65. The van der Waals surface area contributed by atoms with Crippen LogP contribution in [0.4, 0.5) is 5.69 Å². The fourth-order valence-corrected chi connectivity index (χ4v) is 1.63. The second-order valence-corrected chi connectivity index (χ2v) is 3.84. The van der Waals surface area contributed by atoms with E-state index in [1.165, 1.54) is 23.1 Å². The zero-order valence-electron chi connectivity index (χ0n) is 10.7. The zero-order valence-corrected chi connectivity index (χ0v) is 10.7. The number of pyridine rings is 1. The highest BCUT2D eigenvalue weighted by Gasteiger charge is 2.19. The number of hydrogen-bond donors (Lipinski definition) is 2. The van der Waals surface area contributed by atoms with Crippen molar-refractivity contribution in [2.75, 3.05) is 12.3 Å². The lowest BCUT2D eigenvalue weighted by molar-refractivity contribution is 0.0520. The van der Waals surface area contributed by atoms with Crippen molar-refractivity contribution in [1.29, 1.82) is 0 Å². The van der Waals surface area contributed by atoms with E-state index in [-0.39, 0.29) is 29.4 Å². The number of aromatic nitrogens is 3. The lowest BCUT2D eigenvalue weighted by Crippen LogP contribution is -2.16. The Hall–Kier alpha value is -2.90. The first-order valence-electron chi connectivity index (χ1n) is 5.82. The Bertz CT molecular complexity index is 665. The van der Waals surface area contributed by atoms with Crippen molar-refractivity contribution in [3.05, 3.63) is 35.8 Å². The van der Waals surface area contributed by atoms with Gasteiger partial charge < -0.3 is 16.2 Å². The van der Waals surface area contributed by atoms with E-state index in [0.717, 1.165) is 0 Å². The third-order valence-corrected chi connectivity index (χ3v) is 2.48. The Morgan fingerprint density at radius 1 is 1.45 bits per heavy atom. The summed E-state index contributed by atoms with van der Waals surface area (Å²) in [6.45, 7) is 1.89. The minimum absolute atomic E-state index is 0.0343. The molecule has 4 N–H and O–H groups in total. The Labute approximate surface area is 114 Å². The molecule has 0 fully saturated rings. The monoisotopic (exact) mass is 275 g/mol. The first-order chi connectivity index (χ1) is 9.54. The van der Waals surface area contributed by atoms with Crippen LogP contribution in [0.2, 0.25) is 0 Å². The summed E-state index contributed by atoms with van der Waals surface area (Å²) < 4.78 is 6.05. The van der Waals surface area contributed by atoms with E-state index in [0.29, 0.717) is 0 Å². The van der Waals surface area contributed by atoms with E-state index < -0.39 is 11.9 Å². The second-order valence-electron chi connectivity index (χ2n) is 3.84. The normalized spacial score (nSPS) is 10.2. The first kappa shape index (κ1) is 13.5. The number of rotatable bonds is 4. The summed E-state index contributed by atoms with van der Waals surface area (Å²) >= 11 is 0. The minimum Gasteiger partial charge on any atom is -0.461 e. The molecule has 0 atom stereocenters. The highest BCUT2D eigenvalue weighted by molar-refractivity contribution is 5.96. The topological polar surface area (TPSA) is 126 Å². The molecule has 0 radical (unpaired) electrons. The Morgan fingerprint density at radius 3 is 2.85 bits per heavy atom. The number of nitrogens with two attached hydrogens (primary N) is 2. The largest absolute Gasteiger partial charge is 0.461 e. The number of carbonyl (C=O) groups excluding carboxylic acids is 2. The smallest absolute Gasteiger partial charge is 0.361 e. The van der Waals surface area contributed by atoms with Gasteiger partial charge >= 0.3 is 5.97 Å². The van der Waals surface area contributed by atoms with Crippen LogP contribution in [0.1, 0.15) is 27.8 Å². The fraction of sp³-hybridized carbons (Fsp3) is 0.167. The summed E-state index contributed by atoms with van der Waals surface area (Å²) in [5.74, 6) is -1.09. The van der Waals surface area contributed by atoms with Crippen LogP contribution in [0, 0.1) is 0 Å². The molecular formula is C12H13N5O3. The molecule has 0 aliphatic heterocycles. The van der Waals surface area contributed by atoms with Crippen molar-refractivity contribution in [2.24, 2.45) is 5.73 Å². The summed E-state index contributed by atoms with van der Waals surface area (Å²) in [5.41, 5.74) is 11.2. The van der Waals surface area contributed by atoms with E-state index >= 15 is 0 Å². The van der Waals surface area contributed by atoms with E-state index in [9.17, 15) is 9.59 Å². The number of esters is 1. The Morgan fingerprint density at radius 2 is 2.20 bits per heavy atom. The maximum Gasteiger partial charge on any atom is 0.361 e. The quantitative estimate of drug-likeness (QED) is 0.763. The first-order valence-corrected chi connectivity index (χ1v) is 5.82. The van der Waals surface area contributed by atoms with Crippen LogP contribution in [-0.2, 0) is 4.74 Å². The number of hydrogen-bond acceptors (Lipinski definition) is 6. The fourth-order valence-electron chi connectivity index (χ4n) is 1.63. The van der Waals surface area contributed by atoms with Gasteiger partial charge in [-0.1, -0.05) is 0 Å². The van der Waals surface area contributed by atoms with Gasteiger partial charge in [-0.15, -0.1) is 0 Å². The second kappa shape index (κ2) is 5.39. The predicted octanol–water partition coefficient (Wildman–Crippen LogP) is 0.125. The highest BCUT2D eigenvalue weighted by atomic mass is 16.5. The van der Waals surface area contributed by atoms with E-state index in [1.54, 1.807) is 13.0 Å². The molecule has 2 aromatic rings. The number of ether oxygens (including phenoxy) is 1. The molecule has 0 aliphatic rings. The third kappa shape index (κ3) is 2.44. The molecule has 0 bridgehead atoms. The van der Waals surface area contributed by atoms with Gasteiger partial charge in [0.15, 0.2) is 11.5 Å². The van der Waals surface area contributed by atoms with Crippen molar-refractivity contribution in [3.8, 4) is 5.82 Å². The summed E-state index contributed by atoms with van der Waals surface area (Å²) in [6, 6.07) is 3.08. The predicted molar refractivity (Wildman–Crippen MR) is 70.2 cm³/mol. The van der Waals surface area contributed by atoms with E-state index in [1.807, 2.05) is 0 Å². The van der Waals surface area contributed by atoms with Crippen LogP contribution in [-0.4, -0.2) is 33.2 Å². The van der Waals surface area contributed by atoms with Crippen LogP contribution in [0.25, 0.3) is 5.82 Å². The summed E-state index contributed by atoms with van der Waals surface area (Å²) in [6.07, 6.45) is 2.85. The lowest BCUT2D eigenvalue weighted by atomic mass is 10.2. The van der Waals surface area contributed by atoms with Gasteiger partial charge in [0.05, 0.1) is 24.1 Å². The molecule has 0 aromatic carbocycles. The van der Waals surface area contributed by atoms with E-state index in [2.05, 4.69) is 10.1 Å². The van der Waals surface area contributed by atoms with Crippen molar-refractivity contribution in [2.45, 2.75) is 6.92 Å². The van der Waals surface area contributed by atoms with Gasteiger partial charge in [0.2, 0.25) is 0 Å². The maximum absolute atomic E-state index is 11.6. The molecule has 8 nitrogen and oxygen atoms in total. The van der Waals surface area contributed by atoms with Crippen molar-refractivity contribution in [1.82, 2.24) is 14.8 Å². The zero-order chi connectivity index (χ0) is 14.7. The van der Waals surface area contributed by atoms with Crippen molar-refractivity contribution in [3.63, 3.8) is 0 Å². The molecule has 20 heavy (non-hydrogen) atoms. The van der Waals surface area contributed by atoms with Gasteiger partial charge in [0.1, 0.15) is 0 Å². The van der Waals surface area contributed by atoms with Gasteiger partial charge in [-0.2, -0.15) is 5.10 Å². The van der Waals surface area contributed by atoms with Gasteiger partial charge in [-0.3, -0.25) is 4.79 Å². The van der Waals surface area contributed by atoms with Gasteiger partial charge in [-0.25, -0.2) is 14.5 Å². The molecule has 2 rings (SSSR count). The minimum atomic E-state index is -0.653. The molecule has 0 saturated carbocycles. The summed E-state index contributed by atoms with van der Waals surface area (Å²) in [5, 5.41) is 3.99. The molecule has 2 aromatic heterocycles. The average molecular weight is 275 g/mol. The molecule has 0 unspecified atom stereocenters.